The van der Waals surface area contributed by atoms with Gasteiger partial charge in [0.05, 0.1) is 0 Å². The van der Waals surface area contributed by atoms with E-state index < -0.39 is 0 Å². The van der Waals surface area contributed by atoms with Crippen LogP contribution in [-0.4, -0.2) is 30.8 Å². The van der Waals surface area contributed by atoms with Crippen LogP contribution in [0.2, 0.25) is 0 Å². The summed E-state index contributed by atoms with van der Waals surface area (Å²) in [5.74, 6) is 0.355. The third-order valence-electron chi connectivity index (χ3n) is 1.74. The molecule has 1 aromatic rings. The first-order valence-electron chi connectivity index (χ1n) is 4.32. The minimum absolute atomic E-state index is 0.355. The van der Waals surface area contributed by atoms with Gasteiger partial charge >= 0.3 is 0 Å². The first-order chi connectivity index (χ1) is 6.20. The molecule has 2 N–H and O–H groups in total. The topological polar surface area (TPSA) is 35.5 Å². The lowest BCUT2D eigenvalue weighted by Crippen LogP contribution is -2.27. The Labute approximate surface area is 79.0 Å². The highest BCUT2D eigenvalue weighted by atomic mass is 16.3. The number of para-hydroxylation sites is 1. The van der Waals surface area contributed by atoms with E-state index in [9.17, 15) is 5.11 Å². The number of aromatic hydroxyl groups is 1. The summed E-state index contributed by atoms with van der Waals surface area (Å²) in [6.45, 7) is 1.51. The molecular formula is C10H16N2O. The molecule has 0 unspecified atom stereocenters. The van der Waals surface area contributed by atoms with Crippen LogP contribution in [0.1, 0.15) is 5.56 Å². The van der Waals surface area contributed by atoms with E-state index in [1.807, 2.05) is 37.2 Å². The standard InChI is InChI=1S/C10H16N2O/c1-12(2)8-11-7-9-5-3-4-6-10(9)13/h3-6,11,13H,7-8H2,1-2H3. The maximum atomic E-state index is 9.42. The number of benzene rings is 1. The van der Waals surface area contributed by atoms with Crippen molar-refractivity contribution < 1.29 is 5.11 Å². The van der Waals surface area contributed by atoms with E-state index in [0.29, 0.717) is 12.3 Å². The molecule has 1 aromatic carbocycles. The first-order valence-corrected chi connectivity index (χ1v) is 4.32. The van der Waals surface area contributed by atoms with Gasteiger partial charge in [-0.1, -0.05) is 18.2 Å². The van der Waals surface area contributed by atoms with Crippen molar-refractivity contribution in [2.75, 3.05) is 20.8 Å². The van der Waals surface area contributed by atoms with E-state index >= 15 is 0 Å². The van der Waals surface area contributed by atoms with Crippen LogP contribution >= 0.6 is 0 Å². The third-order valence-corrected chi connectivity index (χ3v) is 1.74. The normalized spacial score (nSPS) is 10.7. The summed E-state index contributed by atoms with van der Waals surface area (Å²) < 4.78 is 0. The lowest BCUT2D eigenvalue weighted by molar-refractivity contribution is 0.365. The van der Waals surface area contributed by atoms with Crippen molar-refractivity contribution in [2.45, 2.75) is 6.54 Å². The van der Waals surface area contributed by atoms with Crippen LogP contribution in [-0.2, 0) is 6.54 Å². The summed E-state index contributed by atoms with van der Waals surface area (Å²) in [6, 6.07) is 7.36. The van der Waals surface area contributed by atoms with Crippen LogP contribution in [0.15, 0.2) is 24.3 Å². The van der Waals surface area contributed by atoms with Gasteiger partial charge in [-0.3, -0.25) is 4.90 Å². The van der Waals surface area contributed by atoms with E-state index in [1.54, 1.807) is 6.07 Å². The highest BCUT2D eigenvalue weighted by Crippen LogP contribution is 2.14. The second kappa shape index (κ2) is 4.84. The van der Waals surface area contributed by atoms with Crippen molar-refractivity contribution in [3.05, 3.63) is 29.8 Å². The van der Waals surface area contributed by atoms with E-state index in [2.05, 4.69) is 5.32 Å². The average Bonchev–Trinajstić information content (AvgIpc) is 2.08. The Kier molecular flexibility index (Phi) is 3.73. The average molecular weight is 180 g/mol. The quantitative estimate of drug-likeness (QED) is 0.679. The molecule has 3 heteroatoms. The lowest BCUT2D eigenvalue weighted by Gasteiger charge is -2.11. The van der Waals surface area contributed by atoms with Crippen molar-refractivity contribution in [3.8, 4) is 5.75 Å². The summed E-state index contributed by atoms with van der Waals surface area (Å²) in [6.07, 6.45) is 0. The Morgan fingerprint density at radius 1 is 1.31 bits per heavy atom. The van der Waals surface area contributed by atoms with Gasteiger partial charge in [-0.15, -0.1) is 0 Å². The summed E-state index contributed by atoms with van der Waals surface area (Å²) in [5, 5.41) is 12.6. The first kappa shape index (κ1) is 10.0. The number of phenols is 1. The van der Waals surface area contributed by atoms with Crippen LogP contribution in [0.25, 0.3) is 0 Å². The van der Waals surface area contributed by atoms with Crippen LogP contribution in [0.3, 0.4) is 0 Å². The minimum atomic E-state index is 0.355. The molecule has 0 aromatic heterocycles. The number of hydrogen-bond acceptors (Lipinski definition) is 3. The highest BCUT2D eigenvalue weighted by molar-refractivity contribution is 5.31. The van der Waals surface area contributed by atoms with Crippen LogP contribution < -0.4 is 5.32 Å². The molecule has 0 atom stereocenters. The van der Waals surface area contributed by atoms with Gasteiger partial charge in [0, 0.05) is 18.8 Å². The second-order valence-electron chi connectivity index (χ2n) is 3.29. The minimum Gasteiger partial charge on any atom is -0.508 e. The van der Waals surface area contributed by atoms with Crippen LogP contribution in [0.5, 0.6) is 5.75 Å². The van der Waals surface area contributed by atoms with Crippen molar-refractivity contribution in [1.82, 2.24) is 10.2 Å². The molecule has 13 heavy (non-hydrogen) atoms. The molecule has 0 spiro atoms. The van der Waals surface area contributed by atoms with Gasteiger partial charge in [0.2, 0.25) is 0 Å². The zero-order valence-corrected chi connectivity index (χ0v) is 8.12. The lowest BCUT2D eigenvalue weighted by atomic mass is 10.2. The monoisotopic (exact) mass is 180 g/mol. The molecule has 1 rings (SSSR count). The van der Waals surface area contributed by atoms with Gasteiger partial charge in [-0.05, 0) is 20.2 Å². The summed E-state index contributed by atoms with van der Waals surface area (Å²) in [7, 11) is 4.00. The van der Waals surface area contributed by atoms with Gasteiger partial charge in [-0.2, -0.15) is 0 Å². The number of rotatable bonds is 4. The highest BCUT2D eigenvalue weighted by Gasteiger charge is 1.97. The Balaban J connectivity index is 2.41. The van der Waals surface area contributed by atoms with Gasteiger partial charge in [0.1, 0.15) is 5.75 Å². The molecule has 0 aliphatic rings. The fraction of sp³-hybridized carbons (Fsp3) is 0.400. The number of phenolic OH excluding ortho intramolecular Hbond substituents is 1. The maximum Gasteiger partial charge on any atom is 0.120 e. The second-order valence-corrected chi connectivity index (χ2v) is 3.29. The Morgan fingerprint density at radius 3 is 2.62 bits per heavy atom. The predicted octanol–water partition coefficient (Wildman–Crippen LogP) is 1.00. The number of nitrogens with one attached hydrogen (secondary N) is 1. The third kappa shape index (κ3) is 3.44. The molecular weight excluding hydrogens is 164 g/mol. The van der Waals surface area contributed by atoms with Gasteiger partial charge < -0.3 is 10.4 Å². The summed E-state index contributed by atoms with van der Waals surface area (Å²) >= 11 is 0. The molecule has 0 fully saturated rings. The zero-order valence-electron chi connectivity index (χ0n) is 8.12. The molecule has 0 aliphatic heterocycles. The van der Waals surface area contributed by atoms with Crippen molar-refractivity contribution in [2.24, 2.45) is 0 Å². The van der Waals surface area contributed by atoms with E-state index in [1.165, 1.54) is 0 Å². The molecule has 0 saturated heterocycles. The van der Waals surface area contributed by atoms with Gasteiger partial charge in [0.25, 0.3) is 0 Å². The van der Waals surface area contributed by atoms with Gasteiger partial charge in [0.15, 0.2) is 0 Å². The van der Waals surface area contributed by atoms with E-state index in [-0.39, 0.29) is 0 Å². The smallest absolute Gasteiger partial charge is 0.120 e. The van der Waals surface area contributed by atoms with Crippen molar-refractivity contribution in [1.29, 1.82) is 0 Å². The van der Waals surface area contributed by atoms with Gasteiger partial charge in [-0.25, -0.2) is 0 Å². The van der Waals surface area contributed by atoms with Crippen LogP contribution in [0.4, 0.5) is 0 Å². The Morgan fingerprint density at radius 2 is 2.00 bits per heavy atom. The molecule has 0 heterocycles. The van der Waals surface area contributed by atoms with Crippen molar-refractivity contribution in [3.63, 3.8) is 0 Å². The Hall–Kier alpha value is -1.06. The zero-order chi connectivity index (χ0) is 9.68. The van der Waals surface area contributed by atoms with Crippen molar-refractivity contribution >= 4 is 0 Å². The molecule has 0 radical (unpaired) electrons. The largest absolute Gasteiger partial charge is 0.508 e. The molecule has 0 amide bonds. The summed E-state index contributed by atoms with van der Waals surface area (Å²) in [5.41, 5.74) is 0.935. The predicted molar refractivity (Wildman–Crippen MR) is 53.5 cm³/mol. The molecule has 0 bridgehead atoms. The Bertz CT molecular complexity index is 261. The maximum absolute atomic E-state index is 9.42. The molecule has 72 valence electrons. The SMILES string of the molecule is CN(C)CNCc1ccccc1O. The molecule has 0 saturated carbocycles. The molecule has 3 nitrogen and oxygen atoms in total. The fourth-order valence-electron chi connectivity index (χ4n) is 1.07. The fourth-order valence-corrected chi connectivity index (χ4v) is 1.07. The summed E-state index contributed by atoms with van der Waals surface area (Å²) in [4.78, 5) is 2.04. The number of hydrogen-bond donors (Lipinski definition) is 2. The molecule has 0 aliphatic carbocycles. The number of nitrogens with zero attached hydrogens (tertiary/aromatic N) is 1. The van der Waals surface area contributed by atoms with E-state index in [4.69, 9.17) is 0 Å². The van der Waals surface area contributed by atoms with Crippen LogP contribution in [0, 0.1) is 0 Å². The van der Waals surface area contributed by atoms with E-state index in [0.717, 1.165) is 12.2 Å².